The summed E-state index contributed by atoms with van der Waals surface area (Å²) in [4.78, 5) is 20.0. The molecule has 0 aromatic heterocycles. The van der Waals surface area contributed by atoms with E-state index < -0.39 is 5.54 Å². The summed E-state index contributed by atoms with van der Waals surface area (Å²) < 4.78 is 5.19. The number of nitrogens with zero attached hydrogens (tertiary/aromatic N) is 2. The Morgan fingerprint density at radius 1 is 1.17 bits per heavy atom. The maximum absolute atomic E-state index is 13.3. The minimum absolute atomic E-state index is 0.0825. The quantitative estimate of drug-likeness (QED) is 0.781. The van der Waals surface area contributed by atoms with E-state index in [9.17, 15) is 4.79 Å². The average Bonchev–Trinajstić information content (AvgIpc) is 2.74. The molecular formula is C23H28N4O2. The van der Waals surface area contributed by atoms with Crippen molar-refractivity contribution in [3.63, 3.8) is 0 Å². The van der Waals surface area contributed by atoms with Gasteiger partial charge in [0.1, 0.15) is 11.4 Å². The second-order valence-electron chi connectivity index (χ2n) is 7.75. The number of fused-ring (bicyclic) bond motifs is 1. The van der Waals surface area contributed by atoms with Gasteiger partial charge in [-0.25, -0.2) is 0 Å². The summed E-state index contributed by atoms with van der Waals surface area (Å²) in [5.74, 6) is 0.967. The van der Waals surface area contributed by atoms with Crippen LogP contribution in [-0.4, -0.2) is 55.5 Å². The van der Waals surface area contributed by atoms with Crippen LogP contribution in [0.2, 0.25) is 0 Å². The Labute approximate surface area is 172 Å². The Morgan fingerprint density at radius 2 is 1.93 bits per heavy atom. The van der Waals surface area contributed by atoms with Gasteiger partial charge in [-0.2, -0.15) is 0 Å². The molecule has 2 aliphatic heterocycles. The van der Waals surface area contributed by atoms with Crippen LogP contribution in [0.5, 0.6) is 0 Å². The van der Waals surface area contributed by atoms with Gasteiger partial charge in [-0.3, -0.25) is 9.79 Å². The summed E-state index contributed by atoms with van der Waals surface area (Å²) in [5, 5.41) is 7.23. The molecule has 6 nitrogen and oxygen atoms in total. The van der Waals surface area contributed by atoms with Gasteiger partial charge < -0.3 is 20.3 Å². The molecule has 2 aromatic carbocycles. The van der Waals surface area contributed by atoms with E-state index in [-0.39, 0.29) is 5.91 Å². The number of para-hydroxylation sites is 2. The van der Waals surface area contributed by atoms with Gasteiger partial charge in [0.05, 0.1) is 31.1 Å². The lowest BCUT2D eigenvalue weighted by atomic mass is 9.84. The number of benzene rings is 2. The lowest BCUT2D eigenvalue weighted by Crippen LogP contribution is -2.62. The van der Waals surface area contributed by atoms with Crippen molar-refractivity contribution in [2.75, 3.05) is 44.0 Å². The van der Waals surface area contributed by atoms with Gasteiger partial charge in [-0.15, -0.1) is 0 Å². The van der Waals surface area contributed by atoms with Crippen LogP contribution in [0.3, 0.4) is 0 Å². The zero-order chi connectivity index (χ0) is 20.3. The van der Waals surface area contributed by atoms with Crippen molar-refractivity contribution in [1.82, 2.24) is 4.90 Å². The largest absolute Gasteiger partial charge is 0.383 e. The highest BCUT2D eigenvalue weighted by Crippen LogP contribution is 2.36. The van der Waals surface area contributed by atoms with Gasteiger partial charge >= 0.3 is 0 Å². The summed E-state index contributed by atoms with van der Waals surface area (Å²) in [6.45, 7) is 4.46. The SMILES string of the molecule is COCCN=C1Nc2ccccc2NC12CCCN(C(=O)c1ccccc1C)C2. The van der Waals surface area contributed by atoms with Crippen LogP contribution < -0.4 is 10.6 Å². The predicted molar refractivity (Wildman–Crippen MR) is 117 cm³/mol. The van der Waals surface area contributed by atoms with Crippen LogP contribution in [0.4, 0.5) is 11.4 Å². The van der Waals surface area contributed by atoms with E-state index >= 15 is 0 Å². The molecule has 2 aliphatic rings. The Morgan fingerprint density at radius 3 is 2.72 bits per heavy atom. The number of amides is 1. The molecule has 29 heavy (non-hydrogen) atoms. The zero-order valence-electron chi connectivity index (χ0n) is 17.1. The van der Waals surface area contributed by atoms with E-state index in [0.717, 1.165) is 47.7 Å². The fourth-order valence-corrected chi connectivity index (χ4v) is 4.21. The summed E-state index contributed by atoms with van der Waals surface area (Å²) in [6.07, 6.45) is 1.83. The number of hydrogen-bond acceptors (Lipinski definition) is 4. The minimum Gasteiger partial charge on any atom is -0.383 e. The number of anilines is 2. The van der Waals surface area contributed by atoms with E-state index in [1.807, 2.05) is 54.3 Å². The Balaban J connectivity index is 1.65. The van der Waals surface area contributed by atoms with Crippen molar-refractivity contribution < 1.29 is 9.53 Å². The van der Waals surface area contributed by atoms with E-state index in [2.05, 4.69) is 16.7 Å². The molecule has 1 unspecified atom stereocenters. The van der Waals surface area contributed by atoms with Crippen LogP contribution in [-0.2, 0) is 4.74 Å². The normalized spacial score (nSPS) is 22.1. The molecule has 2 aromatic rings. The molecule has 1 amide bonds. The number of hydrogen-bond donors (Lipinski definition) is 2. The first-order valence-corrected chi connectivity index (χ1v) is 10.2. The van der Waals surface area contributed by atoms with E-state index in [1.54, 1.807) is 7.11 Å². The first kappa shape index (κ1) is 19.5. The number of ether oxygens (including phenoxy) is 1. The molecule has 0 bridgehead atoms. The maximum Gasteiger partial charge on any atom is 0.254 e. The first-order chi connectivity index (χ1) is 14.1. The fraction of sp³-hybridized carbons (Fsp3) is 0.391. The number of aliphatic imine (C=N–C) groups is 1. The molecule has 1 spiro atoms. The number of carbonyl (C=O) groups is 1. The van der Waals surface area contributed by atoms with E-state index in [4.69, 9.17) is 9.73 Å². The number of amidine groups is 1. The number of aryl methyl sites for hydroxylation is 1. The van der Waals surface area contributed by atoms with Crippen LogP contribution in [0.1, 0.15) is 28.8 Å². The molecule has 1 atom stereocenters. The topological polar surface area (TPSA) is 66.0 Å². The maximum atomic E-state index is 13.3. The highest BCUT2D eigenvalue weighted by Gasteiger charge is 2.44. The molecule has 0 radical (unpaired) electrons. The van der Waals surface area contributed by atoms with Crippen molar-refractivity contribution in [3.8, 4) is 0 Å². The Bertz CT molecular complexity index is 927. The van der Waals surface area contributed by atoms with Crippen molar-refractivity contribution in [1.29, 1.82) is 0 Å². The molecule has 152 valence electrons. The highest BCUT2D eigenvalue weighted by molar-refractivity contribution is 6.10. The molecule has 1 fully saturated rings. The van der Waals surface area contributed by atoms with E-state index in [1.165, 1.54) is 0 Å². The first-order valence-electron chi connectivity index (χ1n) is 10.2. The number of rotatable bonds is 4. The molecule has 0 saturated carbocycles. The fourth-order valence-electron chi connectivity index (χ4n) is 4.21. The third kappa shape index (κ3) is 3.85. The summed E-state index contributed by atoms with van der Waals surface area (Å²) >= 11 is 0. The molecule has 1 saturated heterocycles. The lowest BCUT2D eigenvalue weighted by molar-refractivity contribution is 0.0693. The van der Waals surface area contributed by atoms with Gasteiger partial charge in [0, 0.05) is 19.2 Å². The number of methoxy groups -OCH3 is 1. The van der Waals surface area contributed by atoms with Gasteiger partial charge in [-0.1, -0.05) is 30.3 Å². The standard InChI is InChI=1S/C23H28N4O2/c1-17-8-3-4-9-18(17)21(28)27-14-7-12-23(16-27)22(24-13-15-29-2)25-19-10-5-6-11-20(19)26-23/h3-6,8-11,26H,7,12-16H2,1-2H3,(H,24,25). The van der Waals surface area contributed by atoms with Gasteiger partial charge in [0.25, 0.3) is 5.91 Å². The van der Waals surface area contributed by atoms with Crippen molar-refractivity contribution >= 4 is 23.1 Å². The average molecular weight is 393 g/mol. The Hall–Kier alpha value is -2.86. The van der Waals surface area contributed by atoms with E-state index in [0.29, 0.717) is 19.7 Å². The number of nitrogens with one attached hydrogen (secondary N) is 2. The molecular weight excluding hydrogens is 364 g/mol. The van der Waals surface area contributed by atoms with Crippen LogP contribution >= 0.6 is 0 Å². The highest BCUT2D eigenvalue weighted by atomic mass is 16.5. The summed E-state index contributed by atoms with van der Waals surface area (Å²) in [5.41, 5.74) is 3.41. The summed E-state index contributed by atoms with van der Waals surface area (Å²) in [6, 6.07) is 15.9. The van der Waals surface area contributed by atoms with Crippen molar-refractivity contribution in [2.45, 2.75) is 25.3 Å². The van der Waals surface area contributed by atoms with Crippen LogP contribution in [0, 0.1) is 6.92 Å². The number of piperidine rings is 1. The summed E-state index contributed by atoms with van der Waals surface area (Å²) in [7, 11) is 1.68. The third-order valence-corrected chi connectivity index (χ3v) is 5.73. The van der Waals surface area contributed by atoms with Crippen LogP contribution in [0.25, 0.3) is 0 Å². The molecule has 6 heteroatoms. The van der Waals surface area contributed by atoms with Crippen molar-refractivity contribution in [3.05, 3.63) is 59.7 Å². The molecule has 2 heterocycles. The second-order valence-corrected chi connectivity index (χ2v) is 7.75. The number of carbonyl (C=O) groups excluding carboxylic acids is 1. The Kier molecular flexibility index (Phi) is 5.53. The van der Waals surface area contributed by atoms with Gasteiger partial charge in [0.2, 0.25) is 0 Å². The second kappa shape index (κ2) is 8.25. The predicted octanol–water partition coefficient (Wildman–Crippen LogP) is 3.55. The lowest BCUT2D eigenvalue weighted by Gasteiger charge is -2.47. The van der Waals surface area contributed by atoms with Crippen molar-refractivity contribution in [2.24, 2.45) is 4.99 Å². The molecule has 4 rings (SSSR count). The van der Waals surface area contributed by atoms with Crippen LogP contribution in [0.15, 0.2) is 53.5 Å². The molecule has 2 N–H and O–H groups in total. The monoisotopic (exact) mass is 392 g/mol. The number of likely N-dealkylation sites (tertiary alicyclic amines) is 1. The third-order valence-electron chi connectivity index (χ3n) is 5.73. The smallest absolute Gasteiger partial charge is 0.254 e. The zero-order valence-corrected chi connectivity index (χ0v) is 17.1. The van der Waals surface area contributed by atoms with Gasteiger partial charge in [-0.05, 0) is 43.5 Å². The molecule has 0 aliphatic carbocycles. The minimum atomic E-state index is -0.418. The van der Waals surface area contributed by atoms with Gasteiger partial charge in [0.15, 0.2) is 0 Å².